The number of carbonyl (C=O) groups is 1. The summed E-state index contributed by atoms with van der Waals surface area (Å²) in [5.74, 6) is -0.983. The van der Waals surface area contributed by atoms with Crippen molar-refractivity contribution in [2.75, 3.05) is 0 Å². The van der Waals surface area contributed by atoms with Gasteiger partial charge in [-0.1, -0.05) is 36.9 Å². The second kappa shape index (κ2) is 5.65. The monoisotopic (exact) mass is 303 g/mol. The minimum absolute atomic E-state index is 0.0178. The third-order valence-electron chi connectivity index (χ3n) is 4.86. The Morgan fingerprint density at radius 2 is 1.95 bits per heavy atom. The van der Waals surface area contributed by atoms with Crippen LogP contribution in [0.15, 0.2) is 36.9 Å². The van der Waals surface area contributed by atoms with Crippen LogP contribution < -0.4 is 0 Å². The molecule has 1 aliphatic rings. The molecule has 5 heteroatoms. The SMILES string of the molecule is C=C(c1ccccc1)[C@@]1([N+](=O)[O-])CC[C@@](C)(O)[C@@H](C(C)=O)C1. The van der Waals surface area contributed by atoms with Crippen LogP contribution in [0.1, 0.15) is 38.7 Å². The minimum Gasteiger partial charge on any atom is -0.389 e. The standard InChI is InChI=1S/C17H21NO4/c1-12(14-7-5-4-6-8-14)17(18(21)22)10-9-16(3,20)15(11-17)13(2)19/h4-8,15,20H,1,9-11H2,2-3H3/t15-,16-,17-/m1/s1. The average Bonchev–Trinajstić information content (AvgIpc) is 2.47. The highest BCUT2D eigenvalue weighted by Gasteiger charge is 2.56. The van der Waals surface area contributed by atoms with Crippen molar-refractivity contribution in [3.63, 3.8) is 0 Å². The van der Waals surface area contributed by atoms with E-state index in [9.17, 15) is 20.0 Å². The van der Waals surface area contributed by atoms with Crippen molar-refractivity contribution in [2.45, 2.75) is 44.2 Å². The second-order valence-corrected chi connectivity index (χ2v) is 6.36. The van der Waals surface area contributed by atoms with E-state index in [-0.39, 0.29) is 30.0 Å². The Hall–Kier alpha value is -2.01. The Bertz CT molecular complexity index is 608. The van der Waals surface area contributed by atoms with Crippen LogP contribution in [0.4, 0.5) is 0 Å². The highest BCUT2D eigenvalue weighted by molar-refractivity contribution is 5.81. The summed E-state index contributed by atoms with van der Waals surface area (Å²) in [5.41, 5.74) is -1.51. The molecule has 1 fully saturated rings. The van der Waals surface area contributed by atoms with E-state index in [1.54, 1.807) is 31.2 Å². The fourth-order valence-corrected chi connectivity index (χ4v) is 3.33. The van der Waals surface area contributed by atoms with Gasteiger partial charge in [0.1, 0.15) is 5.78 Å². The highest BCUT2D eigenvalue weighted by Crippen LogP contribution is 2.47. The number of ketones is 1. The maximum atomic E-state index is 11.9. The Morgan fingerprint density at radius 3 is 2.45 bits per heavy atom. The lowest BCUT2D eigenvalue weighted by Crippen LogP contribution is -2.54. The lowest BCUT2D eigenvalue weighted by atomic mass is 9.64. The van der Waals surface area contributed by atoms with Gasteiger partial charge in [0, 0.05) is 23.3 Å². The molecule has 0 amide bonds. The zero-order valence-electron chi connectivity index (χ0n) is 12.9. The Morgan fingerprint density at radius 1 is 1.36 bits per heavy atom. The van der Waals surface area contributed by atoms with E-state index in [1.165, 1.54) is 6.92 Å². The normalized spacial score (nSPS) is 31.5. The number of aliphatic hydroxyl groups is 1. The molecule has 1 aromatic rings. The quantitative estimate of drug-likeness (QED) is 0.685. The van der Waals surface area contributed by atoms with Crippen molar-refractivity contribution in [1.29, 1.82) is 0 Å². The van der Waals surface area contributed by atoms with E-state index < -0.39 is 17.1 Å². The molecule has 0 bridgehead atoms. The largest absolute Gasteiger partial charge is 0.389 e. The number of nitrogens with zero attached hydrogens (tertiary/aromatic N) is 1. The molecule has 3 atom stereocenters. The third-order valence-corrected chi connectivity index (χ3v) is 4.86. The molecular formula is C17H21NO4. The average molecular weight is 303 g/mol. The molecule has 22 heavy (non-hydrogen) atoms. The van der Waals surface area contributed by atoms with Crippen LogP contribution in [-0.4, -0.2) is 27.0 Å². The summed E-state index contributed by atoms with van der Waals surface area (Å²) in [6.07, 6.45) is 0.352. The molecule has 0 spiro atoms. The van der Waals surface area contributed by atoms with E-state index in [0.717, 1.165) is 0 Å². The molecule has 0 aliphatic heterocycles. The molecule has 1 N–H and O–H groups in total. The second-order valence-electron chi connectivity index (χ2n) is 6.36. The van der Waals surface area contributed by atoms with E-state index in [1.807, 2.05) is 6.07 Å². The molecule has 1 aliphatic carbocycles. The van der Waals surface area contributed by atoms with Gasteiger partial charge in [0.25, 0.3) is 0 Å². The Kier molecular flexibility index (Phi) is 4.20. The van der Waals surface area contributed by atoms with E-state index in [0.29, 0.717) is 11.1 Å². The summed E-state index contributed by atoms with van der Waals surface area (Å²) in [7, 11) is 0. The molecule has 2 rings (SSSR count). The highest BCUT2D eigenvalue weighted by atomic mass is 16.6. The van der Waals surface area contributed by atoms with Gasteiger partial charge in [-0.05, 0) is 25.8 Å². The number of rotatable bonds is 4. The van der Waals surface area contributed by atoms with Crippen molar-refractivity contribution < 1.29 is 14.8 Å². The van der Waals surface area contributed by atoms with Crippen LogP contribution in [0.5, 0.6) is 0 Å². The van der Waals surface area contributed by atoms with Crippen LogP contribution in [0.3, 0.4) is 0 Å². The van der Waals surface area contributed by atoms with E-state index >= 15 is 0 Å². The number of benzene rings is 1. The topological polar surface area (TPSA) is 80.4 Å². The van der Waals surface area contributed by atoms with Gasteiger partial charge in [-0.2, -0.15) is 0 Å². The minimum atomic E-state index is -1.40. The zero-order valence-corrected chi connectivity index (χ0v) is 12.9. The lowest BCUT2D eigenvalue weighted by molar-refractivity contribution is -0.558. The van der Waals surface area contributed by atoms with Crippen molar-refractivity contribution in [3.8, 4) is 0 Å². The summed E-state index contributed by atoms with van der Waals surface area (Å²) < 4.78 is 0. The molecule has 0 unspecified atom stereocenters. The predicted molar refractivity (Wildman–Crippen MR) is 83.8 cm³/mol. The molecule has 0 saturated heterocycles. The van der Waals surface area contributed by atoms with Gasteiger partial charge in [0.15, 0.2) is 0 Å². The maximum Gasteiger partial charge on any atom is 0.248 e. The van der Waals surface area contributed by atoms with Gasteiger partial charge in [0.05, 0.1) is 11.5 Å². The van der Waals surface area contributed by atoms with Crippen molar-refractivity contribution in [2.24, 2.45) is 5.92 Å². The molecule has 1 saturated carbocycles. The molecule has 0 aromatic heterocycles. The maximum absolute atomic E-state index is 11.9. The van der Waals surface area contributed by atoms with Gasteiger partial charge < -0.3 is 5.11 Å². The van der Waals surface area contributed by atoms with Crippen molar-refractivity contribution in [3.05, 3.63) is 52.6 Å². The summed E-state index contributed by atoms with van der Waals surface area (Å²) >= 11 is 0. The molecule has 1 aromatic carbocycles. The first kappa shape index (κ1) is 16.4. The summed E-state index contributed by atoms with van der Waals surface area (Å²) in [6, 6.07) is 9.00. The summed E-state index contributed by atoms with van der Waals surface area (Å²) in [6.45, 7) is 6.90. The molecular weight excluding hydrogens is 282 g/mol. The van der Waals surface area contributed by atoms with Crippen LogP contribution in [0, 0.1) is 16.0 Å². The van der Waals surface area contributed by atoms with Gasteiger partial charge >= 0.3 is 0 Å². The van der Waals surface area contributed by atoms with Crippen molar-refractivity contribution in [1.82, 2.24) is 0 Å². The van der Waals surface area contributed by atoms with Crippen LogP contribution in [0.2, 0.25) is 0 Å². The summed E-state index contributed by atoms with van der Waals surface area (Å²) in [4.78, 5) is 23.4. The zero-order chi connectivity index (χ0) is 16.5. The van der Waals surface area contributed by atoms with E-state index in [4.69, 9.17) is 0 Å². The number of hydrogen-bond acceptors (Lipinski definition) is 4. The lowest BCUT2D eigenvalue weighted by Gasteiger charge is -2.42. The first-order valence-corrected chi connectivity index (χ1v) is 7.33. The van der Waals surface area contributed by atoms with Gasteiger partial charge in [-0.15, -0.1) is 0 Å². The third kappa shape index (κ3) is 2.68. The smallest absolute Gasteiger partial charge is 0.248 e. The number of nitro groups is 1. The fourth-order valence-electron chi connectivity index (χ4n) is 3.33. The van der Waals surface area contributed by atoms with Crippen molar-refractivity contribution >= 4 is 11.4 Å². The van der Waals surface area contributed by atoms with E-state index in [2.05, 4.69) is 6.58 Å². The van der Waals surface area contributed by atoms with Gasteiger partial charge in [-0.3, -0.25) is 14.9 Å². The number of hydrogen-bond donors (Lipinski definition) is 1. The molecule has 0 heterocycles. The number of Topliss-reactive ketones (excluding diaryl/α,β-unsaturated/α-hetero) is 1. The van der Waals surface area contributed by atoms with Crippen LogP contribution >= 0.6 is 0 Å². The predicted octanol–water partition coefficient (Wildman–Crippen LogP) is 2.86. The number of carbonyl (C=O) groups excluding carboxylic acids is 1. The van der Waals surface area contributed by atoms with Gasteiger partial charge in [0.2, 0.25) is 5.54 Å². The first-order valence-electron chi connectivity index (χ1n) is 7.33. The first-order chi connectivity index (χ1) is 10.2. The molecule has 0 radical (unpaired) electrons. The van der Waals surface area contributed by atoms with Crippen LogP contribution in [0.25, 0.3) is 5.57 Å². The molecule has 118 valence electrons. The Labute approximate surface area is 129 Å². The fraction of sp³-hybridized carbons (Fsp3) is 0.471. The van der Waals surface area contributed by atoms with Gasteiger partial charge in [-0.25, -0.2) is 0 Å². The van der Waals surface area contributed by atoms with Crippen LogP contribution in [-0.2, 0) is 4.79 Å². The summed E-state index contributed by atoms with van der Waals surface area (Å²) in [5, 5.41) is 22.2. The Balaban J connectivity index is 2.44. The molecule has 5 nitrogen and oxygen atoms in total.